The van der Waals surface area contributed by atoms with Crippen LogP contribution >= 0.6 is 11.6 Å². The Kier molecular flexibility index (Phi) is 4.39. The van der Waals surface area contributed by atoms with Gasteiger partial charge >= 0.3 is 6.03 Å². The van der Waals surface area contributed by atoms with E-state index >= 15 is 0 Å². The lowest BCUT2D eigenvalue weighted by Crippen LogP contribution is -2.20. The number of hydrogen-bond donors (Lipinski definition) is 3. The van der Waals surface area contributed by atoms with Gasteiger partial charge in [0.25, 0.3) is 0 Å². The standard InChI is InChI=1S/C14H14ClN3O/c15-11-5-3-6-12(8-11)17-14(19)18-13-7-2-1-4-10(13)9-16/h1-8H,9,16H2,(H2,17,18,19). The van der Waals surface area contributed by atoms with Gasteiger partial charge in [0, 0.05) is 22.9 Å². The van der Waals surface area contributed by atoms with Gasteiger partial charge in [0.2, 0.25) is 0 Å². The van der Waals surface area contributed by atoms with Gasteiger partial charge in [-0.25, -0.2) is 4.79 Å². The van der Waals surface area contributed by atoms with Crippen LogP contribution in [0.1, 0.15) is 5.56 Å². The minimum atomic E-state index is -0.330. The van der Waals surface area contributed by atoms with Crippen molar-refractivity contribution in [3.63, 3.8) is 0 Å². The number of amides is 2. The van der Waals surface area contributed by atoms with Crippen LogP contribution in [0.15, 0.2) is 48.5 Å². The number of rotatable bonds is 3. The van der Waals surface area contributed by atoms with Crippen molar-refractivity contribution in [3.8, 4) is 0 Å². The second kappa shape index (κ2) is 6.22. The molecule has 2 aromatic rings. The molecule has 2 amide bonds. The number of carbonyl (C=O) groups excluding carboxylic acids is 1. The fraction of sp³-hybridized carbons (Fsp3) is 0.0714. The van der Waals surface area contributed by atoms with Crippen LogP contribution in [0.5, 0.6) is 0 Å². The molecule has 0 radical (unpaired) electrons. The van der Waals surface area contributed by atoms with E-state index in [1.165, 1.54) is 0 Å². The monoisotopic (exact) mass is 275 g/mol. The molecular formula is C14H14ClN3O. The van der Waals surface area contributed by atoms with Gasteiger partial charge in [0.05, 0.1) is 0 Å². The average molecular weight is 276 g/mol. The van der Waals surface area contributed by atoms with Gasteiger partial charge in [-0.2, -0.15) is 0 Å². The van der Waals surface area contributed by atoms with E-state index in [1.54, 1.807) is 30.3 Å². The average Bonchev–Trinajstić information content (AvgIpc) is 2.39. The predicted octanol–water partition coefficient (Wildman–Crippen LogP) is 3.44. The molecule has 0 spiro atoms. The zero-order valence-corrected chi connectivity index (χ0v) is 10.9. The summed E-state index contributed by atoms with van der Waals surface area (Å²) in [7, 11) is 0. The Balaban J connectivity index is 2.05. The number of carbonyl (C=O) groups is 1. The largest absolute Gasteiger partial charge is 0.326 e. The molecule has 4 nitrogen and oxygen atoms in total. The van der Waals surface area contributed by atoms with Crippen molar-refractivity contribution in [3.05, 3.63) is 59.1 Å². The van der Waals surface area contributed by atoms with Crippen LogP contribution in [-0.4, -0.2) is 6.03 Å². The van der Waals surface area contributed by atoms with Crippen LogP contribution in [0.3, 0.4) is 0 Å². The Hall–Kier alpha value is -2.04. The molecule has 5 heteroatoms. The topological polar surface area (TPSA) is 67.1 Å². The van der Waals surface area contributed by atoms with Crippen LogP contribution in [0.2, 0.25) is 5.02 Å². The van der Waals surface area contributed by atoms with E-state index in [9.17, 15) is 4.79 Å². The number of halogens is 1. The molecule has 0 aliphatic rings. The maximum Gasteiger partial charge on any atom is 0.323 e. The predicted molar refractivity (Wildman–Crippen MR) is 78.4 cm³/mol. The SMILES string of the molecule is NCc1ccccc1NC(=O)Nc1cccc(Cl)c1. The summed E-state index contributed by atoms with van der Waals surface area (Å²) in [6, 6.07) is 14.0. The van der Waals surface area contributed by atoms with Gasteiger partial charge in [-0.15, -0.1) is 0 Å². The molecule has 0 bridgehead atoms. The summed E-state index contributed by atoms with van der Waals surface area (Å²) in [5.41, 5.74) is 7.82. The lowest BCUT2D eigenvalue weighted by Gasteiger charge is -2.10. The van der Waals surface area contributed by atoms with Crippen LogP contribution in [0.4, 0.5) is 16.2 Å². The third kappa shape index (κ3) is 3.71. The normalized spacial score (nSPS) is 10.0. The fourth-order valence-electron chi connectivity index (χ4n) is 1.67. The molecule has 0 aliphatic carbocycles. The van der Waals surface area contributed by atoms with Crippen LogP contribution in [-0.2, 0) is 6.54 Å². The third-order valence-corrected chi connectivity index (χ3v) is 2.80. The number of nitrogens with two attached hydrogens (primary N) is 1. The van der Waals surface area contributed by atoms with Crippen LogP contribution in [0.25, 0.3) is 0 Å². The van der Waals surface area contributed by atoms with Crippen molar-refractivity contribution in [1.82, 2.24) is 0 Å². The molecule has 0 unspecified atom stereocenters. The maximum absolute atomic E-state index is 11.9. The summed E-state index contributed by atoms with van der Waals surface area (Å²) in [5.74, 6) is 0. The lowest BCUT2D eigenvalue weighted by atomic mass is 10.2. The van der Waals surface area contributed by atoms with E-state index in [0.29, 0.717) is 22.9 Å². The number of hydrogen-bond acceptors (Lipinski definition) is 2. The summed E-state index contributed by atoms with van der Waals surface area (Å²) in [6.07, 6.45) is 0. The minimum absolute atomic E-state index is 0.330. The van der Waals surface area contributed by atoms with Gasteiger partial charge in [0.1, 0.15) is 0 Å². The van der Waals surface area contributed by atoms with Gasteiger partial charge in [0.15, 0.2) is 0 Å². The molecular weight excluding hydrogens is 262 g/mol. The number of benzene rings is 2. The zero-order chi connectivity index (χ0) is 13.7. The first-order valence-corrected chi connectivity index (χ1v) is 6.18. The van der Waals surface area contributed by atoms with E-state index < -0.39 is 0 Å². The molecule has 0 fully saturated rings. The molecule has 2 rings (SSSR count). The van der Waals surface area contributed by atoms with E-state index in [1.807, 2.05) is 18.2 Å². The molecule has 0 saturated carbocycles. The van der Waals surface area contributed by atoms with E-state index in [-0.39, 0.29) is 6.03 Å². The Labute approximate surface area is 116 Å². The first-order chi connectivity index (χ1) is 9.19. The minimum Gasteiger partial charge on any atom is -0.326 e. The fourth-order valence-corrected chi connectivity index (χ4v) is 1.86. The first kappa shape index (κ1) is 13.4. The number of urea groups is 1. The summed E-state index contributed by atoms with van der Waals surface area (Å²) < 4.78 is 0. The van der Waals surface area contributed by atoms with Crippen molar-refractivity contribution >= 4 is 29.0 Å². The molecule has 0 aliphatic heterocycles. The smallest absolute Gasteiger partial charge is 0.323 e. The first-order valence-electron chi connectivity index (χ1n) is 5.80. The van der Waals surface area contributed by atoms with Crippen LogP contribution in [0, 0.1) is 0 Å². The van der Waals surface area contributed by atoms with Gasteiger partial charge in [-0.3, -0.25) is 0 Å². The maximum atomic E-state index is 11.9. The number of anilines is 2. The van der Waals surface area contributed by atoms with Crippen molar-refractivity contribution in [2.24, 2.45) is 5.73 Å². The molecule has 0 aromatic heterocycles. The van der Waals surface area contributed by atoms with Crippen molar-refractivity contribution in [1.29, 1.82) is 0 Å². The molecule has 2 aromatic carbocycles. The summed E-state index contributed by atoms with van der Waals surface area (Å²) in [4.78, 5) is 11.9. The van der Waals surface area contributed by atoms with Gasteiger partial charge in [-0.05, 0) is 29.8 Å². The Morgan fingerprint density at radius 1 is 1.11 bits per heavy atom. The van der Waals surface area contributed by atoms with Crippen molar-refractivity contribution in [2.75, 3.05) is 10.6 Å². The van der Waals surface area contributed by atoms with E-state index in [4.69, 9.17) is 17.3 Å². The highest BCUT2D eigenvalue weighted by Crippen LogP contribution is 2.17. The highest BCUT2D eigenvalue weighted by Gasteiger charge is 2.05. The van der Waals surface area contributed by atoms with Gasteiger partial charge < -0.3 is 16.4 Å². The molecule has 0 atom stereocenters. The van der Waals surface area contributed by atoms with E-state index in [2.05, 4.69) is 10.6 Å². The molecule has 0 heterocycles. The number of nitrogens with one attached hydrogen (secondary N) is 2. The molecule has 4 N–H and O–H groups in total. The van der Waals surface area contributed by atoms with Crippen molar-refractivity contribution in [2.45, 2.75) is 6.54 Å². The number of para-hydroxylation sites is 1. The molecule has 19 heavy (non-hydrogen) atoms. The second-order valence-corrected chi connectivity index (χ2v) is 4.39. The summed E-state index contributed by atoms with van der Waals surface area (Å²) in [5, 5.41) is 6.03. The van der Waals surface area contributed by atoms with Gasteiger partial charge in [-0.1, -0.05) is 35.9 Å². The Morgan fingerprint density at radius 3 is 2.63 bits per heavy atom. The summed E-state index contributed by atoms with van der Waals surface area (Å²) >= 11 is 5.85. The Morgan fingerprint density at radius 2 is 1.89 bits per heavy atom. The highest BCUT2D eigenvalue weighted by atomic mass is 35.5. The molecule has 98 valence electrons. The summed E-state index contributed by atoms with van der Waals surface area (Å²) in [6.45, 7) is 0.369. The lowest BCUT2D eigenvalue weighted by molar-refractivity contribution is 0.262. The third-order valence-electron chi connectivity index (χ3n) is 2.57. The quantitative estimate of drug-likeness (QED) is 0.803. The highest BCUT2D eigenvalue weighted by molar-refractivity contribution is 6.30. The van der Waals surface area contributed by atoms with Crippen molar-refractivity contribution < 1.29 is 4.79 Å². The second-order valence-electron chi connectivity index (χ2n) is 3.95. The Bertz CT molecular complexity index is 586. The zero-order valence-electron chi connectivity index (χ0n) is 10.2. The van der Waals surface area contributed by atoms with Crippen LogP contribution < -0.4 is 16.4 Å². The molecule has 0 saturated heterocycles. The van der Waals surface area contributed by atoms with E-state index in [0.717, 1.165) is 5.56 Å².